The molecule has 0 aromatic heterocycles. The van der Waals surface area contributed by atoms with Gasteiger partial charge in [-0.15, -0.1) is 0 Å². The lowest BCUT2D eigenvalue weighted by Crippen LogP contribution is -2.55. The Bertz CT molecular complexity index is 491. The highest BCUT2D eigenvalue weighted by Gasteiger charge is 2.35. The zero-order valence-electron chi connectivity index (χ0n) is 22.9. The van der Waals surface area contributed by atoms with Crippen LogP contribution in [-0.2, 0) is 6.54 Å². The fourth-order valence-electron chi connectivity index (χ4n) is 5.78. The maximum atomic E-state index is 2.44. The zero-order valence-corrected chi connectivity index (χ0v) is 22.9. The fourth-order valence-corrected chi connectivity index (χ4v) is 5.78. The van der Waals surface area contributed by atoms with Crippen molar-refractivity contribution in [1.29, 1.82) is 0 Å². The minimum absolute atomic E-state index is 0.867. The van der Waals surface area contributed by atoms with Gasteiger partial charge in [-0.05, 0) is 38.5 Å². The molecule has 1 rings (SSSR count). The highest BCUT2D eigenvalue weighted by atomic mass is 15.4. The second-order valence-electron chi connectivity index (χ2n) is 10.8. The molecular formula is C31H58N+. The number of hydrogen-bond donors (Lipinski definition) is 0. The summed E-state index contributed by atoms with van der Waals surface area (Å²) in [4.78, 5) is 0. The second kappa shape index (κ2) is 17.6. The van der Waals surface area contributed by atoms with E-state index in [9.17, 15) is 0 Å². The molecular weight excluding hydrogens is 386 g/mol. The van der Waals surface area contributed by atoms with Gasteiger partial charge in [0.05, 0.1) is 19.6 Å². The molecule has 0 amide bonds. The van der Waals surface area contributed by atoms with E-state index in [0.717, 1.165) is 17.8 Å². The average molecular weight is 445 g/mol. The van der Waals surface area contributed by atoms with Crippen LogP contribution < -0.4 is 0 Å². The van der Waals surface area contributed by atoms with Gasteiger partial charge in [0.15, 0.2) is 0 Å². The molecule has 1 nitrogen and oxygen atoms in total. The Morgan fingerprint density at radius 3 is 1.25 bits per heavy atom. The standard InChI is InChI=1S/C31H58N/c1-7-13-19-28(10-4)24-32(25-29(11-5)20-14-8-2,26-30(12-6)21-15-9-3)27-31-22-17-16-18-23-31/h16-18,22-23,28-30H,7-15,19-21,24-27H2,1-6H3/q+1/t28-,29-,30-/m1/s1. The van der Waals surface area contributed by atoms with Gasteiger partial charge >= 0.3 is 0 Å². The first-order valence-electron chi connectivity index (χ1n) is 14.4. The van der Waals surface area contributed by atoms with Crippen LogP contribution in [0.4, 0.5) is 0 Å². The summed E-state index contributed by atoms with van der Waals surface area (Å²) in [5.74, 6) is 2.60. The third kappa shape index (κ3) is 11.4. The zero-order chi connectivity index (χ0) is 23.7. The van der Waals surface area contributed by atoms with Gasteiger partial charge in [-0.1, -0.05) is 110 Å². The van der Waals surface area contributed by atoms with Crippen molar-refractivity contribution in [1.82, 2.24) is 0 Å². The van der Waals surface area contributed by atoms with Crippen LogP contribution in [0.2, 0.25) is 0 Å². The van der Waals surface area contributed by atoms with E-state index in [1.165, 1.54) is 108 Å². The summed E-state index contributed by atoms with van der Waals surface area (Å²) in [5.41, 5.74) is 1.55. The van der Waals surface area contributed by atoms with Gasteiger partial charge in [0.1, 0.15) is 6.54 Å². The minimum atomic E-state index is 0.867. The van der Waals surface area contributed by atoms with E-state index in [1.807, 2.05) is 0 Å². The summed E-state index contributed by atoms with van der Waals surface area (Å²) in [6, 6.07) is 11.5. The number of quaternary nitrogens is 1. The molecule has 0 saturated carbocycles. The first-order chi connectivity index (χ1) is 15.6. The van der Waals surface area contributed by atoms with Gasteiger partial charge in [-0.3, -0.25) is 0 Å². The summed E-state index contributed by atoms with van der Waals surface area (Å²) >= 11 is 0. The molecule has 1 heteroatoms. The molecule has 0 radical (unpaired) electrons. The number of hydrogen-bond acceptors (Lipinski definition) is 0. The van der Waals surface area contributed by atoms with Crippen molar-refractivity contribution < 1.29 is 4.48 Å². The summed E-state index contributed by atoms with van der Waals surface area (Å²) in [5, 5.41) is 0. The second-order valence-corrected chi connectivity index (χ2v) is 10.8. The minimum Gasteiger partial charge on any atom is -0.319 e. The molecule has 0 heterocycles. The Kier molecular flexibility index (Phi) is 16.1. The van der Waals surface area contributed by atoms with Gasteiger partial charge in [-0.25, -0.2) is 0 Å². The van der Waals surface area contributed by atoms with Crippen LogP contribution in [0.5, 0.6) is 0 Å². The number of benzene rings is 1. The van der Waals surface area contributed by atoms with Crippen LogP contribution in [0.25, 0.3) is 0 Å². The fraction of sp³-hybridized carbons (Fsp3) is 0.806. The predicted octanol–water partition coefficient (Wildman–Crippen LogP) is 9.65. The lowest BCUT2D eigenvalue weighted by molar-refractivity contribution is -0.950. The van der Waals surface area contributed by atoms with Crippen LogP contribution in [0.1, 0.15) is 124 Å². The average Bonchev–Trinajstić information content (AvgIpc) is 2.82. The predicted molar refractivity (Wildman–Crippen MR) is 145 cm³/mol. The normalized spacial score (nSPS) is 14.9. The van der Waals surface area contributed by atoms with Gasteiger partial charge in [0, 0.05) is 23.3 Å². The molecule has 0 fully saturated rings. The highest BCUT2D eigenvalue weighted by molar-refractivity contribution is 5.13. The molecule has 186 valence electrons. The smallest absolute Gasteiger partial charge is 0.104 e. The van der Waals surface area contributed by atoms with Crippen molar-refractivity contribution in [3.8, 4) is 0 Å². The van der Waals surface area contributed by atoms with Crippen molar-refractivity contribution >= 4 is 0 Å². The summed E-state index contributed by atoms with van der Waals surface area (Å²) in [6.07, 6.45) is 16.4. The molecule has 0 N–H and O–H groups in total. The summed E-state index contributed by atoms with van der Waals surface area (Å²) in [7, 11) is 0. The molecule has 0 bridgehead atoms. The Hall–Kier alpha value is -0.820. The third-order valence-electron chi connectivity index (χ3n) is 7.93. The van der Waals surface area contributed by atoms with Crippen LogP contribution in [0.15, 0.2) is 30.3 Å². The van der Waals surface area contributed by atoms with Gasteiger partial charge in [-0.2, -0.15) is 0 Å². The van der Waals surface area contributed by atoms with Gasteiger partial charge < -0.3 is 4.48 Å². The Labute approximate surface area is 203 Å². The Morgan fingerprint density at radius 1 is 0.562 bits per heavy atom. The van der Waals surface area contributed by atoms with E-state index >= 15 is 0 Å². The van der Waals surface area contributed by atoms with E-state index in [1.54, 1.807) is 5.56 Å². The molecule has 0 saturated heterocycles. The lowest BCUT2D eigenvalue weighted by Gasteiger charge is -2.45. The molecule has 1 aromatic rings. The maximum Gasteiger partial charge on any atom is 0.104 e. The van der Waals surface area contributed by atoms with E-state index < -0.39 is 0 Å². The quantitative estimate of drug-likeness (QED) is 0.176. The van der Waals surface area contributed by atoms with Crippen LogP contribution >= 0.6 is 0 Å². The molecule has 32 heavy (non-hydrogen) atoms. The molecule has 0 aliphatic carbocycles. The number of nitrogens with zero attached hydrogens (tertiary/aromatic N) is 1. The topological polar surface area (TPSA) is 0 Å². The lowest BCUT2D eigenvalue weighted by atomic mass is 9.90. The van der Waals surface area contributed by atoms with Crippen molar-refractivity contribution in [3.63, 3.8) is 0 Å². The first kappa shape index (κ1) is 29.2. The third-order valence-corrected chi connectivity index (χ3v) is 7.93. The van der Waals surface area contributed by atoms with Crippen molar-refractivity contribution in [2.75, 3.05) is 19.6 Å². The number of unbranched alkanes of at least 4 members (excludes halogenated alkanes) is 3. The van der Waals surface area contributed by atoms with E-state index in [4.69, 9.17) is 0 Å². The highest BCUT2D eigenvalue weighted by Crippen LogP contribution is 2.30. The monoisotopic (exact) mass is 444 g/mol. The summed E-state index contributed by atoms with van der Waals surface area (Å²) < 4.78 is 1.33. The van der Waals surface area contributed by atoms with Gasteiger partial charge in [0.25, 0.3) is 0 Å². The van der Waals surface area contributed by atoms with Crippen molar-refractivity contribution in [2.45, 2.75) is 125 Å². The molecule has 1 aromatic carbocycles. The van der Waals surface area contributed by atoms with E-state index in [-0.39, 0.29) is 0 Å². The molecule has 0 spiro atoms. The molecule has 0 unspecified atom stereocenters. The van der Waals surface area contributed by atoms with Gasteiger partial charge in [0.2, 0.25) is 0 Å². The Balaban J connectivity index is 3.29. The van der Waals surface area contributed by atoms with Crippen LogP contribution in [0.3, 0.4) is 0 Å². The van der Waals surface area contributed by atoms with Crippen LogP contribution in [0, 0.1) is 17.8 Å². The maximum absolute atomic E-state index is 2.44. The summed E-state index contributed by atoms with van der Waals surface area (Å²) in [6.45, 7) is 19.8. The van der Waals surface area contributed by atoms with Crippen LogP contribution in [-0.4, -0.2) is 24.1 Å². The van der Waals surface area contributed by atoms with E-state index in [2.05, 4.69) is 71.9 Å². The SMILES string of the molecule is CCCC[C@@H](CC)C[N+](Cc1ccccc1)(C[C@H](CC)CCCC)C[C@H](CC)CCCC. The largest absolute Gasteiger partial charge is 0.319 e. The molecule has 0 aliphatic rings. The van der Waals surface area contributed by atoms with Crippen molar-refractivity contribution in [3.05, 3.63) is 35.9 Å². The van der Waals surface area contributed by atoms with Crippen molar-refractivity contribution in [2.24, 2.45) is 17.8 Å². The Morgan fingerprint density at radius 2 is 0.938 bits per heavy atom. The molecule has 3 atom stereocenters. The van der Waals surface area contributed by atoms with E-state index in [0.29, 0.717) is 0 Å². The number of rotatable bonds is 20. The first-order valence-corrected chi connectivity index (χ1v) is 14.4. The molecule has 0 aliphatic heterocycles.